The van der Waals surface area contributed by atoms with Gasteiger partial charge in [0.05, 0.1) is 10.0 Å². The number of piperazine rings is 1. The Morgan fingerprint density at radius 2 is 1.95 bits per heavy atom. The fourth-order valence-electron chi connectivity index (χ4n) is 2.85. The number of nitrogens with zero attached hydrogens (tertiary/aromatic N) is 2. The molecule has 1 aliphatic rings. The molecule has 0 saturated carbocycles. The maximum absolute atomic E-state index is 6.40. The van der Waals surface area contributed by atoms with Crippen LogP contribution in [0.3, 0.4) is 0 Å². The number of pyridine rings is 1. The lowest BCUT2D eigenvalue weighted by molar-refractivity contribution is 0.163. The normalized spacial score (nSPS) is 17.9. The molecule has 0 aliphatic carbocycles. The average Bonchev–Trinajstić information content (AvgIpc) is 2.51. The lowest BCUT2D eigenvalue weighted by Crippen LogP contribution is -2.45. The predicted octanol–water partition coefficient (Wildman–Crippen LogP) is 4.57. The third kappa shape index (κ3) is 4.46. The van der Waals surface area contributed by atoms with Crippen molar-refractivity contribution in [1.29, 1.82) is 0 Å². The fraction of sp³-hybridized carbons (Fsp3) is 0.667. The first-order chi connectivity index (χ1) is 10.1. The number of halogens is 3. The van der Waals surface area contributed by atoms with Crippen LogP contribution in [0.1, 0.15) is 44.2 Å². The molecule has 6 heteroatoms. The molecule has 0 radical (unpaired) electrons. The van der Waals surface area contributed by atoms with Gasteiger partial charge in [-0.3, -0.25) is 4.90 Å². The Balaban J connectivity index is 2.27. The van der Waals surface area contributed by atoms with Crippen molar-refractivity contribution < 1.29 is 0 Å². The smallest absolute Gasteiger partial charge is 0.148 e. The van der Waals surface area contributed by atoms with Crippen molar-refractivity contribution in [3.63, 3.8) is 0 Å². The molecule has 1 aromatic rings. The molecule has 0 spiro atoms. The van der Waals surface area contributed by atoms with Crippen LogP contribution in [0.25, 0.3) is 0 Å². The summed E-state index contributed by atoms with van der Waals surface area (Å²) < 4.78 is 0. The summed E-state index contributed by atoms with van der Waals surface area (Å²) in [6, 6.07) is 0.221. The van der Waals surface area contributed by atoms with E-state index in [1.54, 1.807) is 6.20 Å². The van der Waals surface area contributed by atoms with E-state index in [2.05, 4.69) is 22.1 Å². The van der Waals surface area contributed by atoms with Crippen molar-refractivity contribution in [2.75, 3.05) is 26.2 Å². The zero-order valence-electron chi connectivity index (χ0n) is 12.3. The highest BCUT2D eigenvalue weighted by Crippen LogP contribution is 2.39. The number of aromatic nitrogens is 1. The molecule has 1 atom stereocenters. The van der Waals surface area contributed by atoms with E-state index in [-0.39, 0.29) is 6.04 Å². The van der Waals surface area contributed by atoms with Gasteiger partial charge >= 0.3 is 0 Å². The number of hydrogen-bond acceptors (Lipinski definition) is 3. The summed E-state index contributed by atoms with van der Waals surface area (Å²) in [7, 11) is 0. The molecule has 1 aliphatic heterocycles. The highest BCUT2D eigenvalue weighted by atomic mass is 35.5. The van der Waals surface area contributed by atoms with Crippen LogP contribution in [0.15, 0.2) is 6.20 Å². The van der Waals surface area contributed by atoms with Crippen molar-refractivity contribution in [3.05, 3.63) is 27.0 Å². The highest BCUT2D eigenvalue weighted by molar-refractivity contribution is 6.43. The SMILES string of the molecule is CCCCC[C@@H](c1c(Cl)cnc(Cl)c1Cl)N1CCNCC1. The molecular formula is C15H22Cl3N3. The lowest BCUT2D eigenvalue weighted by Gasteiger charge is -2.36. The van der Waals surface area contributed by atoms with E-state index in [0.717, 1.165) is 44.6 Å². The van der Waals surface area contributed by atoms with Gasteiger partial charge in [-0.15, -0.1) is 0 Å². The predicted molar refractivity (Wildman–Crippen MR) is 90.6 cm³/mol. The van der Waals surface area contributed by atoms with Crippen LogP contribution in [-0.2, 0) is 0 Å². The summed E-state index contributed by atoms with van der Waals surface area (Å²) in [5.74, 6) is 0. The van der Waals surface area contributed by atoms with Gasteiger partial charge in [0, 0.05) is 44.0 Å². The summed E-state index contributed by atoms with van der Waals surface area (Å²) in [6.07, 6.45) is 6.24. The van der Waals surface area contributed by atoms with Crippen molar-refractivity contribution in [1.82, 2.24) is 15.2 Å². The van der Waals surface area contributed by atoms with Crippen molar-refractivity contribution >= 4 is 34.8 Å². The van der Waals surface area contributed by atoms with Crippen LogP contribution in [-0.4, -0.2) is 36.1 Å². The summed E-state index contributed by atoms with van der Waals surface area (Å²) in [4.78, 5) is 6.49. The Bertz CT molecular complexity index is 462. The largest absolute Gasteiger partial charge is 0.314 e. The van der Waals surface area contributed by atoms with Gasteiger partial charge in [0.2, 0.25) is 0 Å². The second-order valence-electron chi connectivity index (χ2n) is 5.42. The van der Waals surface area contributed by atoms with Gasteiger partial charge in [0.15, 0.2) is 0 Å². The van der Waals surface area contributed by atoms with Gasteiger partial charge < -0.3 is 5.32 Å². The summed E-state index contributed by atoms with van der Waals surface area (Å²) in [5, 5.41) is 4.84. The minimum Gasteiger partial charge on any atom is -0.314 e. The van der Waals surface area contributed by atoms with Crippen LogP contribution in [0.2, 0.25) is 15.2 Å². The Labute approximate surface area is 142 Å². The van der Waals surface area contributed by atoms with Gasteiger partial charge in [0.1, 0.15) is 5.15 Å². The zero-order valence-corrected chi connectivity index (χ0v) is 14.6. The summed E-state index contributed by atoms with van der Waals surface area (Å²) >= 11 is 18.9. The molecular weight excluding hydrogens is 329 g/mol. The maximum atomic E-state index is 6.40. The van der Waals surface area contributed by atoms with Crippen LogP contribution in [0, 0.1) is 0 Å². The molecule has 0 unspecified atom stereocenters. The lowest BCUT2D eigenvalue weighted by atomic mass is 9.99. The third-order valence-corrected chi connectivity index (χ3v) is 5.04. The Kier molecular flexibility index (Phi) is 7.03. The molecule has 0 aromatic carbocycles. The van der Waals surface area contributed by atoms with E-state index in [0.29, 0.717) is 15.2 Å². The molecule has 0 amide bonds. The van der Waals surface area contributed by atoms with E-state index in [1.165, 1.54) is 12.8 Å². The standard InChI is InChI=1S/C15H22Cl3N3/c1-2-3-4-5-12(21-8-6-19-7-9-21)13-11(16)10-20-15(18)14(13)17/h10,12,19H,2-9H2,1H3/t12-/m0/s1. The monoisotopic (exact) mass is 349 g/mol. The second-order valence-corrected chi connectivity index (χ2v) is 6.57. The molecule has 1 fully saturated rings. The number of nitrogens with one attached hydrogen (secondary N) is 1. The van der Waals surface area contributed by atoms with E-state index < -0.39 is 0 Å². The van der Waals surface area contributed by atoms with Gasteiger partial charge in [-0.2, -0.15) is 0 Å². The van der Waals surface area contributed by atoms with Gasteiger partial charge in [-0.1, -0.05) is 61.0 Å². The minimum absolute atomic E-state index is 0.221. The first-order valence-corrected chi connectivity index (χ1v) is 8.72. The second kappa shape index (κ2) is 8.54. The molecule has 2 heterocycles. The molecule has 0 bridgehead atoms. The minimum atomic E-state index is 0.221. The van der Waals surface area contributed by atoms with Crippen molar-refractivity contribution in [3.8, 4) is 0 Å². The molecule has 2 rings (SSSR count). The van der Waals surface area contributed by atoms with Crippen LogP contribution < -0.4 is 5.32 Å². The quantitative estimate of drug-likeness (QED) is 0.602. The average molecular weight is 351 g/mol. The molecule has 1 saturated heterocycles. The van der Waals surface area contributed by atoms with Gasteiger partial charge in [-0.05, 0) is 6.42 Å². The molecule has 3 nitrogen and oxygen atoms in total. The Morgan fingerprint density at radius 1 is 1.24 bits per heavy atom. The van der Waals surface area contributed by atoms with Crippen molar-refractivity contribution in [2.24, 2.45) is 0 Å². The Hall–Kier alpha value is -0.0600. The molecule has 21 heavy (non-hydrogen) atoms. The van der Waals surface area contributed by atoms with Crippen LogP contribution in [0.4, 0.5) is 0 Å². The van der Waals surface area contributed by atoms with Crippen LogP contribution >= 0.6 is 34.8 Å². The summed E-state index contributed by atoms with van der Waals surface area (Å²) in [5.41, 5.74) is 0.941. The molecule has 1 N–H and O–H groups in total. The fourth-order valence-corrected chi connectivity index (χ4v) is 3.60. The van der Waals surface area contributed by atoms with Gasteiger partial charge in [0.25, 0.3) is 0 Å². The highest BCUT2D eigenvalue weighted by Gasteiger charge is 2.27. The topological polar surface area (TPSA) is 28.2 Å². The van der Waals surface area contributed by atoms with E-state index >= 15 is 0 Å². The Morgan fingerprint density at radius 3 is 2.62 bits per heavy atom. The van der Waals surface area contributed by atoms with Crippen LogP contribution in [0.5, 0.6) is 0 Å². The third-order valence-electron chi connectivity index (χ3n) is 3.97. The first kappa shape index (κ1) is 17.3. The first-order valence-electron chi connectivity index (χ1n) is 7.59. The van der Waals surface area contributed by atoms with E-state index in [9.17, 15) is 0 Å². The maximum Gasteiger partial charge on any atom is 0.148 e. The van der Waals surface area contributed by atoms with Crippen molar-refractivity contribution in [2.45, 2.75) is 38.6 Å². The van der Waals surface area contributed by atoms with E-state index in [1.807, 2.05) is 0 Å². The number of hydrogen-bond donors (Lipinski definition) is 1. The molecule has 1 aromatic heterocycles. The van der Waals surface area contributed by atoms with Gasteiger partial charge in [-0.25, -0.2) is 4.98 Å². The zero-order chi connectivity index (χ0) is 15.2. The molecule has 118 valence electrons. The van der Waals surface area contributed by atoms with E-state index in [4.69, 9.17) is 34.8 Å². The number of unbranched alkanes of at least 4 members (excludes halogenated alkanes) is 2. The number of rotatable bonds is 6. The summed E-state index contributed by atoms with van der Waals surface area (Å²) in [6.45, 7) is 6.21.